The van der Waals surface area contributed by atoms with Crippen LogP contribution < -0.4 is 10.2 Å². The van der Waals surface area contributed by atoms with E-state index in [-0.39, 0.29) is 5.91 Å². The highest BCUT2D eigenvalue weighted by Crippen LogP contribution is 2.30. The number of carbonyl (C=O) groups excluding carboxylic acids is 1. The predicted molar refractivity (Wildman–Crippen MR) is 76.2 cm³/mol. The quantitative estimate of drug-likeness (QED) is 0.884. The molecular weight excluding hydrogens is 224 g/mol. The van der Waals surface area contributed by atoms with E-state index in [1.54, 1.807) is 0 Å². The number of fused-ring (bicyclic) bond motifs is 1. The van der Waals surface area contributed by atoms with E-state index < -0.39 is 0 Å². The lowest BCUT2D eigenvalue weighted by atomic mass is 10.0. The maximum atomic E-state index is 12.2. The second-order valence-corrected chi connectivity index (χ2v) is 4.85. The van der Waals surface area contributed by atoms with Gasteiger partial charge in [0, 0.05) is 31.4 Å². The van der Waals surface area contributed by atoms with Crippen LogP contribution in [0, 0.1) is 0 Å². The van der Waals surface area contributed by atoms with Crippen molar-refractivity contribution in [2.24, 2.45) is 0 Å². The lowest BCUT2D eigenvalue weighted by molar-refractivity contribution is -0.118. The third-order valence-electron chi connectivity index (χ3n) is 3.53. The molecule has 0 fully saturated rings. The molecule has 18 heavy (non-hydrogen) atoms. The zero-order valence-electron chi connectivity index (χ0n) is 11.3. The van der Waals surface area contributed by atoms with Gasteiger partial charge in [0.1, 0.15) is 0 Å². The summed E-state index contributed by atoms with van der Waals surface area (Å²) in [6.07, 6.45) is 4.87. The molecular formula is C15H22N2O. The van der Waals surface area contributed by atoms with Crippen LogP contribution in [0.4, 0.5) is 11.4 Å². The van der Waals surface area contributed by atoms with Crippen molar-refractivity contribution < 1.29 is 4.79 Å². The van der Waals surface area contributed by atoms with Crippen LogP contribution in [0.25, 0.3) is 0 Å². The minimum absolute atomic E-state index is 0.273. The van der Waals surface area contributed by atoms with Crippen molar-refractivity contribution in [3.63, 3.8) is 0 Å². The molecule has 0 radical (unpaired) electrons. The molecule has 1 heterocycles. The first-order chi connectivity index (χ1) is 8.76. The number of nitrogens with zero attached hydrogens (tertiary/aromatic N) is 1. The van der Waals surface area contributed by atoms with Gasteiger partial charge in [0.05, 0.1) is 0 Å². The zero-order chi connectivity index (χ0) is 13.0. The SMILES string of the molecule is CCCCC(=O)N1CCCc2cc(NC)ccc21. The summed E-state index contributed by atoms with van der Waals surface area (Å²) in [5.74, 6) is 0.273. The summed E-state index contributed by atoms with van der Waals surface area (Å²) < 4.78 is 0. The largest absolute Gasteiger partial charge is 0.388 e. The lowest BCUT2D eigenvalue weighted by Crippen LogP contribution is -2.35. The van der Waals surface area contributed by atoms with Gasteiger partial charge < -0.3 is 10.2 Å². The number of amides is 1. The van der Waals surface area contributed by atoms with E-state index in [0.29, 0.717) is 6.42 Å². The molecule has 0 atom stereocenters. The minimum atomic E-state index is 0.273. The van der Waals surface area contributed by atoms with Crippen LogP contribution in [0.2, 0.25) is 0 Å². The molecule has 0 saturated carbocycles. The molecule has 2 rings (SSSR count). The van der Waals surface area contributed by atoms with Gasteiger partial charge in [-0.05, 0) is 43.0 Å². The van der Waals surface area contributed by atoms with Gasteiger partial charge in [-0.3, -0.25) is 4.79 Å². The fourth-order valence-corrected chi connectivity index (χ4v) is 2.47. The van der Waals surface area contributed by atoms with Gasteiger partial charge in [0.15, 0.2) is 0 Å². The summed E-state index contributed by atoms with van der Waals surface area (Å²) in [5, 5.41) is 3.15. The van der Waals surface area contributed by atoms with Crippen LogP contribution in [0.15, 0.2) is 18.2 Å². The van der Waals surface area contributed by atoms with Crippen LogP contribution >= 0.6 is 0 Å². The summed E-state index contributed by atoms with van der Waals surface area (Å²) >= 11 is 0. The Labute approximate surface area is 109 Å². The normalized spacial score (nSPS) is 14.2. The van der Waals surface area contributed by atoms with Crippen LogP contribution in [-0.4, -0.2) is 19.5 Å². The van der Waals surface area contributed by atoms with Gasteiger partial charge >= 0.3 is 0 Å². The summed E-state index contributed by atoms with van der Waals surface area (Å²) in [4.78, 5) is 14.2. The second-order valence-electron chi connectivity index (χ2n) is 4.85. The van der Waals surface area contributed by atoms with Crippen LogP contribution in [0.5, 0.6) is 0 Å². The van der Waals surface area contributed by atoms with Crippen molar-refractivity contribution in [3.8, 4) is 0 Å². The Morgan fingerprint density at radius 3 is 3.00 bits per heavy atom. The van der Waals surface area contributed by atoms with Gasteiger partial charge in [-0.15, -0.1) is 0 Å². The molecule has 1 N–H and O–H groups in total. The maximum Gasteiger partial charge on any atom is 0.226 e. The van der Waals surface area contributed by atoms with Crippen molar-refractivity contribution in [1.82, 2.24) is 0 Å². The standard InChI is InChI=1S/C15H22N2O/c1-3-4-7-15(18)17-10-5-6-12-11-13(16-2)8-9-14(12)17/h8-9,11,16H,3-7,10H2,1-2H3. The molecule has 1 aliphatic heterocycles. The van der Waals surface area contributed by atoms with E-state index in [2.05, 4.69) is 24.4 Å². The first-order valence-corrected chi connectivity index (χ1v) is 6.87. The maximum absolute atomic E-state index is 12.2. The molecule has 3 heteroatoms. The number of aryl methyl sites for hydroxylation is 1. The lowest BCUT2D eigenvalue weighted by Gasteiger charge is -2.30. The topological polar surface area (TPSA) is 32.3 Å². The summed E-state index contributed by atoms with van der Waals surface area (Å²) in [6, 6.07) is 6.28. The smallest absolute Gasteiger partial charge is 0.226 e. The number of nitrogens with one attached hydrogen (secondary N) is 1. The molecule has 0 aliphatic carbocycles. The summed E-state index contributed by atoms with van der Waals surface area (Å²) in [5.41, 5.74) is 3.52. The van der Waals surface area contributed by atoms with Gasteiger partial charge in [-0.2, -0.15) is 0 Å². The molecule has 0 unspecified atom stereocenters. The number of rotatable bonds is 4. The molecule has 1 aliphatic rings. The highest BCUT2D eigenvalue weighted by molar-refractivity contribution is 5.94. The molecule has 1 aromatic carbocycles. The van der Waals surface area contributed by atoms with Gasteiger partial charge in [0.25, 0.3) is 0 Å². The van der Waals surface area contributed by atoms with E-state index in [1.807, 2.05) is 18.0 Å². The van der Waals surface area contributed by atoms with E-state index in [4.69, 9.17) is 0 Å². The summed E-state index contributed by atoms with van der Waals surface area (Å²) in [7, 11) is 1.93. The molecule has 0 saturated heterocycles. The first-order valence-electron chi connectivity index (χ1n) is 6.87. The van der Waals surface area contributed by atoms with E-state index >= 15 is 0 Å². The van der Waals surface area contributed by atoms with E-state index in [0.717, 1.165) is 43.6 Å². The average molecular weight is 246 g/mol. The van der Waals surface area contributed by atoms with Crippen molar-refractivity contribution in [2.45, 2.75) is 39.0 Å². The van der Waals surface area contributed by atoms with Crippen molar-refractivity contribution in [2.75, 3.05) is 23.8 Å². The number of carbonyl (C=O) groups is 1. The Hall–Kier alpha value is -1.51. The molecule has 1 aromatic rings. The average Bonchev–Trinajstić information content (AvgIpc) is 2.43. The summed E-state index contributed by atoms with van der Waals surface area (Å²) in [6.45, 7) is 2.99. The zero-order valence-corrected chi connectivity index (χ0v) is 11.3. The monoisotopic (exact) mass is 246 g/mol. The van der Waals surface area contributed by atoms with Gasteiger partial charge in [-0.25, -0.2) is 0 Å². The first kappa shape index (κ1) is 12.9. The van der Waals surface area contributed by atoms with Crippen molar-refractivity contribution in [1.29, 1.82) is 0 Å². The van der Waals surface area contributed by atoms with Crippen LogP contribution in [-0.2, 0) is 11.2 Å². The Kier molecular flexibility index (Phi) is 4.24. The third kappa shape index (κ3) is 2.66. The Morgan fingerprint density at radius 2 is 2.28 bits per heavy atom. The molecule has 98 valence electrons. The Balaban J connectivity index is 2.19. The third-order valence-corrected chi connectivity index (χ3v) is 3.53. The van der Waals surface area contributed by atoms with Gasteiger partial charge in [0.2, 0.25) is 5.91 Å². The van der Waals surface area contributed by atoms with E-state index in [9.17, 15) is 4.79 Å². The second kappa shape index (κ2) is 5.89. The number of unbranched alkanes of at least 4 members (excludes halogenated alkanes) is 1. The fraction of sp³-hybridized carbons (Fsp3) is 0.533. The highest BCUT2D eigenvalue weighted by Gasteiger charge is 2.21. The molecule has 0 aromatic heterocycles. The number of hydrogen-bond donors (Lipinski definition) is 1. The van der Waals surface area contributed by atoms with Gasteiger partial charge in [-0.1, -0.05) is 13.3 Å². The number of hydrogen-bond acceptors (Lipinski definition) is 2. The molecule has 0 bridgehead atoms. The number of anilines is 2. The molecule has 1 amide bonds. The Morgan fingerprint density at radius 1 is 1.44 bits per heavy atom. The van der Waals surface area contributed by atoms with Crippen LogP contribution in [0.1, 0.15) is 38.2 Å². The van der Waals surface area contributed by atoms with Crippen molar-refractivity contribution in [3.05, 3.63) is 23.8 Å². The van der Waals surface area contributed by atoms with Crippen LogP contribution in [0.3, 0.4) is 0 Å². The highest BCUT2D eigenvalue weighted by atomic mass is 16.2. The molecule has 0 spiro atoms. The fourth-order valence-electron chi connectivity index (χ4n) is 2.47. The minimum Gasteiger partial charge on any atom is -0.388 e. The van der Waals surface area contributed by atoms with E-state index in [1.165, 1.54) is 5.56 Å². The molecule has 3 nitrogen and oxygen atoms in total. The number of benzene rings is 1. The predicted octanol–water partition coefficient (Wildman–Crippen LogP) is 3.20. The van der Waals surface area contributed by atoms with Crippen molar-refractivity contribution >= 4 is 17.3 Å². The Bertz CT molecular complexity index is 429.